The van der Waals surface area contributed by atoms with Gasteiger partial charge in [-0.2, -0.15) is 0 Å². The van der Waals surface area contributed by atoms with E-state index < -0.39 is 4.92 Å². The maximum atomic E-state index is 11.4. The zero-order chi connectivity index (χ0) is 20.3. The normalized spacial score (nSPS) is 14.7. The summed E-state index contributed by atoms with van der Waals surface area (Å²) < 4.78 is 0. The summed E-state index contributed by atoms with van der Waals surface area (Å²) in [6.07, 6.45) is 3.10. The minimum absolute atomic E-state index is 0.0979. The summed E-state index contributed by atoms with van der Waals surface area (Å²) in [6, 6.07) is 6.28. The average molecular weight is 424 g/mol. The van der Waals surface area contributed by atoms with Gasteiger partial charge in [-0.25, -0.2) is 4.98 Å². The highest BCUT2D eigenvalue weighted by Gasteiger charge is 2.25. The number of pyridine rings is 1. The van der Waals surface area contributed by atoms with Crippen molar-refractivity contribution >= 4 is 46.3 Å². The number of benzene rings is 1. The molecule has 1 aromatic heterocycles. The van der Waals surface area contributed by atoms with Crippen molar-refractivity contribution in [2.45, 2.75) is 19.4 Å². The summed E-state index contributed by atoms with van der Waals surface area (Å²) in [5.74, 6) is 0.455. The zero-order valence-corrected chi connectivity index (χ0v) is 16.4. The summed E-state index contributed by atoms with van der Waals surface area (Å²) >= 11 is 12.3. The van der Waals surface area contributed by atoms with Crippen LogP contribution in [0.1, 0.15) is 18.4 Å². The lowest BCUT2D eigenvalue weighted by Crippen LogP contribution is -2.39. The van der Waals surface area contributed by atoms with Crippen molar-refractivity contribution in [1.29, 1.82) is 0 Å². The van der Waals surface area contributed by atoms with E-state index >= 15 is 0 Å². The molecule has 0 radical (unpaired) electrons. The van der Waals surface area contributed by atoms with Crippen LogP contribution in [0.25, 0.3) is 0 Å². The van der Waals surface area contributed by atoms with Crippen molar-refractivity contribution < 1.29 is 9.72 Å². The molecule has 3 rings (SSSR count). The Morgan fingerprint density at radius 3 is 2.54 bits per heavy atom. The Morgan fingerprint density at radius 1 is 1.32 bits per heavy atom. The number of anilines is 2. The van der Waals surface area contributed by atoms with Crippen LogP contribution in [0.15, 0.2) is 30.5 Å². The molecule has 0 aliphatic carbocycles. The molecule has 2 aromatic rings. The van der Waals surface area contributed by atoms with E-state index in [1.54, 1.807) is 6.20 Å². The average Bonchev–Trinajstić information content (AvgIpc) is 2.67. The Kier molecular flexibility index (Phi) is 6.21. The van der Waals surface area contributed by atoms with Crippen LogP contribution in [0, 0.1) is 16.0 Å². The van der Waals surface area contributed by atoms with Gasteiger partial charge < -0.3 is 16.0 Å². The third-order valence-electron chi connectivity index (χ3n) is 4.76. The van der Waals surface area contributed by atoms with E-state index in [0.29, 0.717) is 38.2 Å². The lowest BCUT2D eigenvalue weighted by molar-refractivity contribution is -0.384. The molecule has 10 heteroatoms. The van der Waals surface area contributed by atoms with Crippen LogP contribution in [0.5, 0.6) is 0 Å². The Labute approximate surface area is 171 Å². The predicted molar refractivity (Wildman–Crippen MR) is 109 cm³/mol. The van der Waals surface area contributed by atoms with E-state index in [1.807, 2.05) is 12.1 Å². The molecule has 1 saturated heterocycles. The summed E-state index contributed by atoms with van der Waals surface area (Å²) in [5, 5.41) is 14.4. The number of non-ortho nitro benzene ring substituents is 1. The molecule has 148 valence electrons. The number of nitrogens with two attached hydrogens (primary N) is 1. The largest absolute Gasteiger partial charge is 0.378 e. The lowest BCUT2D eigenvalue weighted by Gasteiger charge is -2.32. The van der Waals surface area contributed by atoms with Gasteiger partial charge in [-0.3, -0.25) is 14.9 Å². The first-order valence-electron chi connectivity index (χ1n) is 8.72. The van der Waals surface area contributed by atoms with Crippen molar-refractivity contribution in [3.63, 3.8) is 0 Å². The Morgan fingerprint density at radius 2 is 1.96 bits per heavy atom. The number of nitro groups is 1. The number of hydrogen-bond donors (Lipinski definition) is 2. The van der Waals surface area contributed by atoms with Crippen molar-refractivity contribution in [2.24, 2.45) is 11.7 Å². The molecule has 0 bridgehead atoms. The van der Waals surface area contributed by atoms with Crippen molar-refractivity contribution in [1.82, 2.24) is 4.98 Å². The number of piperidine rings is 1. The van der Waals surface area contributed by atoms with Gasteiger partial charge >= 0.3 is 0 Å². The minimum atomic E-state index is -0.545. The first-order chi connectivity index (χ1) is 13.4. The molecule has 2 heterocycles. The first-order valence-corrected chi connectivity index (χ1v) is 9.48. The third kappa shape index (κ3) is 4.45. The zero-order valence-electron chi connectivity index (χ0n) is 14.9. The number of carbonyl (C=O) groups is 1. The van der Waals surface area contributed by atoms with Gasteiger partial charge in [0, 0.05) is 49.4 Å². The molecule has 8 nitrogen and oxygen atoms in total. The van der Waals surface area contributed by atoms with Crippen LogP contribution in [-0.4, -0.2) is 28.9 Å². The number of aromatic nitrogens is 1. The van der Waals surface area contributed by atoms with Gasteiger partial charge in [0.2, 0.25) is 5.91 Å². The van der Waals surface area contributed by atoms with Crippen LogP contribution in [0.4, 0.5) is 17.2 Å². The van der Waals surface area contributed by atoms with Gasteiger partial charge in [-0.15, -0.1) is 0 Å². The second-order valence-electron chi connectivity index (χ2n) is 6.54. The van der Waals surface area contributed by atoms with Crippen LogP contribution in [0.3, 0.4) is 0 Å². The smallest absolute Gasteiger partial charge is 0.272 e. The molecule has 1 aromatic carbocycles. The van der Waals surface area contributed by atoms with Gasteiger partial charge in [-0.1, -0.05) is 29.3 Å². The summed E-state index contributed by atoms with van der Waals surface area (Å²) in [6.45, 7) is 1.77. The maximum absolute atomic E-state index is 11.4. The molecular formula is C18H19Cl2N5O3. The number of rotatable bonds is 6. The van der Waals surface area contributed by atoms with Gasteiger partial charge in [0.05, 0.1) is 20.7 Å². The Bertz CT molecular complexity index is 878. The highest BCUT2D eigenvalue weighted by molar-refractivity contribution is 6.39. The number of hydrogen-bond acceptors (Lipinski definition) is 6. The van der Waals surface area contributed by atoms with Crippen LogP contribution >= 0.6 is 23.2 Å². The number of primary amides is 1. The molecular weight excluding hydrogens is 405 g/mol. The molecule has 0 saturated carbocycles. The van der Waals surface area contributed by atoms with Gasteiger partial charge in [0.15, 0.2) is 0 Å². The highest BCUT2D eigenvalue weighted by atomic mass is 35.5. The van der Waals surface area contributed by atoms with Crippen LogP contribution in [0.2, 0.25) is 10.0 Å². The monoisotopic (exact) mass is 423 g/mol. The topological polar surface area (TPSA) is 114 Å². The molecule has 0 atom stereocenters. The predicted octanol–water partition coefficient (Wildman–Crippen LogP) is 3.61. The fourth-order valence-corrected chi connectivity index (χ4v) is 3.86. The second-order valence-corrected chi connectivity index (χ2v) is 7.36. The Balaban J connectivity index is 1.75. The molecule has 1 amide bonds. The molecule has 28 heavy (non-hydrogen) atoms. The van der Waals surface area contributed by atoms with E-state index in [0.717, 1.165) is 11.4 Å². The SMILES string of the molecule is NC(=O)C1CCN(c2ncccc2CNc2c(Cl)cc([N+](=O)[O-])cc2Cl)CC1. The fourth-order valence-electron chi connectivity index (χ4n) is 3.25. The van der Waals surface area contributed by atoms with E-state index in [4.69, 9.17) is 28.9 Å². The standard InChI is InChI=1S/C18H19Cl2N5O3/c19-14-8-13(25(27)28)9-15(20)16(14)23-10-12-2-1-5-22-18(12)24-6-3-11(4-7-24)17(21)26/h1-2,5,8-9,11,23H,3-4,6-7,10H2,(H2,21,26). The van der Waals surface area contributed by atoms with E-state index in [9.17, 15) is 14.9 Å². The fraction of sp³-hybridized carbons (Fsp3) is 0.333. The third-order valence-corrected chi connectivity index (χ3v) is 5.35. The van der Waals surface area contributed by atoms with Gasteiger partial charge in [0.1, 0.15) is 5.82 Å². The van der Waals surface area contributed by atoms with Crippen molar-refractivity contribution in [3.8, 4) is 0 Å². The maximum Gasteiger partial charge on any atom is 0.272 e. The highest BCUT2D eigenvalue weighted by Crippen LogP contribution is 2.35. The number of nitrogens with zero attached hydrogens (tertiary/aromatic N) is 3. The Hall–Kier alpha value is -2.58. The number of carbonyl (C=O) groups excluding carboxylic acids is 1. The molecule has 3 N–H and O–H groups in total. The summed E-state index contributed by atoms with van der Waals surface area (Å²) in [5.41, 5.74) is 6.58. The van der Waals surface area contributed by atoms with E-state index in [2.05, 4.69) is 15.2 Å². The summed E-state index contributed by atoms with van der Waals surface area (Å²) in [4.78, 5) is 28.3. The van der Waals surface area contributed by atoms with E-state index in [1.165, 1.54) is 12.1 Å². The molecule has 1 aliphatic rings. The van der Waals surface area contributed by atoms with Crippen molar-refractivity contribution in [3.05, 3.63) is 56.2 Å². The van der Waals surface area contributed by atoms with Crippen molar-refractivity contribution in [2.75, 3.05) is 23.3 Å². The second kappa shape index (κ2) is 8.62. The molecule has 1 fully saturated rings. The van der Waals surface area contributed by atoms with Gasteiger partial charge in [0.25, 0.3) is 5.69 Å². The van der Waals surface area contributed by atoms with E-state index in [-0.39, 0.29) is 27.6 Å². The quantitative estimate of drug-likeness (QED) is 0.541. The number of nitro benzene ring substituents is 1. The minimum Gasteiger partial charge on any atom is -0.378 e. The summed E-state index contributed by atoms with van der Waals surface area (Å²) in [7, 11) is 0. The molecule has 0 spiro atoms. The number of halogens is 2. The molecule has 1 aliphatic heterocycles. The van der Waals surface area contributed by atoms with Gasteiger partial charge in [-0.05, 0) is 18.9 Å². The lowest BCUT2D eigenvalue weighted by atomic mass is 9.96. The number of amides is 1. The first kappa shape index (κ1) is 20.2. The van der Waals surface area contributed by atoms with Crippen LogP contribution in [-0.2, 0) is 11.3 Å². The molecule has 0 unspecified atom stereocenters. The van der Waals surface area contributed by atoms with Crippen LogP contribution < -0.4 is 16.0 Å². The number of nitrogens with one attached hydrogen (secondary N) is 1.